The molecule has 134 valence electrons. The molecule has 0 aliphatic carbocycles. The Balaban J connectivity index is 1.73. The van der Waals surface area contributed by atoms with Gasteiger partial charge in [0.1, 0.15) is 11.3 Å². The monoisotopic (exact) mass is 396 g/mol. The van der Waals surface area contributed by atoms with Crippen molar-refractivity contribution in [1.82, 2.24) is 0 Å². The van der Waals surface area contributed by atoms with Crippen LogP contribution in [0.4, 0.5) is 0 Å². The third kappa shape index (κ3) is 3.44. The molecule has 0 aliphatic heterocycles. The summed E-state index contributed by atoms with van der Waals surface area (Å²) < 4.78 is 11.1. The zero-order chi connectivity index (χ0) is 19.0. The molecule has 0 aliphatic rings. The smallest absolute Gasteiger partial charge is 0.229 e. The highest BCUT2D eigenvalue weighted by atomic mass is 35.5. The number of carbonyl (C=O) groups excluding carboxylic acids is 1. The standard InChI is InChI=1S/C22H14Cl2O3/c1-26-17-4-2-3-13(9-17)14-5-6-15-11-21(27-20(15)10-14)22(25)18-8-7-16(23)12-19(18)24/h2-12H,1H3. The Labute approximate surface area is 166 Å². The van der Waals surface area contributed by atoms with Crippen molar-refractivity contribution in [3.63, 3.8) is 0 Å². The SMILES string of the molecule is COc1cccc(-c2ccc3cc(C(=O)c4ccc(Cl)cc4Cl)oc3c2)c1. The molecule has 3 aromatic carbocycles. The molecule has 0 N–H and O–H groups in total. The lowest BCUT2D eigenvalue weighted by Crippen LogP contribution is -2.00. The van der Waals surface area contributed by atoms with Crippen molar-refractivity contribution in [2.45, 2.75) is 0 Å². The van der Waals surface area contributed by atoms with Gasteiger partial charge in [0, 0.05) is 16.0 Å². The Morgan fingerprint density at radius 1 is 0.926 bits per heavy atom. The van der Waals surface area contributed by atoms with Gasteiger partial charge in [0.05, 0.1) is 12.1 Å². The molecular weight excluding hydrogens is 383 g/mol. The minimum Gasteiger partial charge on any atom is -0.497 e. The van der Waals surface area contributed by atoms with E-state index < -0.39 is 0 Å². The lowest BCUT2D eigenvalue weighted by molar-refractivity contribution is 0.101. The highest BCUT2D eigenvalue weighted by molar-refractivity contribution is 6.37. The maximum atomic E-state index is 12.7. The maximum absolute atomic E-state index is 12.7. The fourth-order valence-corrected chi connectivity index (χ4v) is 3.43. The largest absolute Gasteiger partial charge is 0.497 e. The first-order valence-corrected chi connectivity index (χ1v) is 8.98. The summed E-state index contributed by atoms with van der Waals surface area (Å²) in [5.41, 5.74) is 2.96. The maximum Gasteiger partial charge on any atom is 0.229 e. The fraction of sp³-hybridized carbons (Fsp3) is 0.0455. The van der Waals surface area contributed by atoms with Crippen LogP contribution in [-0.2, 0) is 0 Å². The number of ether oxygens (including phenoxy) is 1. The Bertz CT molecular complexity index is 1160. The minimum absolute atomic E-state index is 0.233. The lowest BCUT2D eigenvalue weighted by Gasteiger charge is -2.04. The van der Waals surface area contributed by atoms with E-state index in [1.165, 1.54) is 0 Å². The van der Waals surface area contributed by atoms with Crippen molar-refractivity contribution in [1.29, 1.82) is 0 Å². The van der Waals surface area contributed by atoms with Gasteiger partial charge in [0.2, 0.25) is 5.78 Å². The second kappa shape index (κ2) is 7.10. The van der Waals surface area contributed by atoms with Crippen LogP contribution >= 0.6 is 23.2 Å². The van der Waals surface area contributed by atoms with Gasteiger partial charge in [0.25, 0.3) is 0 Å². The van der Waals surface area contributed by atoms with Crippen LogP contribution in [0.1, 0.15) is 16.1 Å². The summed E-state index contributed by atoms with van der Waals surface area (Å²) >= 11 is 12.0. The molecule has 0 unspecified atom stereocenters. The summed E-state index contributed by atoms with van der Waals surface area (Å²) in [7, 11) is 1.63. The highest BCUT2D eigenvalue weighted by Gasteiger charge is 2.18. The fourth-order valence-electron chi connectivity index (χ4n) is 2.93. The van der Waals surface area contributed by atoms with Crippen molar-refractivity contribution < 1.29 is 13.9 Å². The molecule has 5 heteroatoms. The van der Waals surface area contributed by atoms with E-state index in [-0.39, 0.29) is 11.5 Å². The number of furan rings is 1. The molecule has 27 heavy (non-hydrogen) atoms. The van der Waals surface area contributed by atoms with Gasteiger partial charge in [-0.15, -0.1) is 0 Å². The summed E-state index contributed by atoms with van der Waals surface area (Å²) in [6.07, 6.45) is 0. The molecule has 3 nitrogen and oxygen atoms in total. The van der Waals surface area contributed by atoms with Crippen molar-refractivity contribution in [2.24, 2.45) is 0 Å². The first-order chi connectivity index (χ1) is 13.0. The molecule has 1 heterocycles. The Morgan fingerprint density at radius 3 is 2.52 bits per heavy atom. The van der Waals surface area contributed by atoms with Crippen LogP contribution in [-0.4, -0.2) is 12.9 Å². The van der Waals surface area contributed by atoms with E-state index in [9.17, 15) is 4.79 Å². The molecule has 4 aromatic rings. The Kier molecular flexibility index (Phi) is 4.65. The van der Waals surface area contributed by atoms with Crippen molar-refractivity contribution >= 4 is 40.0 Å². The van der Waals surface area contributed by atoms with Crippen LogP contribution in [0.15, 0.2) is 71.1 Å². The van der Waals surface area contributed by atoms with Gasteiger partial charge in [-0.2, -0.15) is 0 Å². The first kappa shape index (κ1) is 17.7. The van der Waals surface area contributed by atoms with Gasteiger partial charge in [-0.3, -0.25) is 4.79 Å². The molecule has 0 bridgehead atoms. The predicted molar refractivity (Wildman–Crippen MR) is 108 cm³/mol. The summed E-state index contributed by atoms with van der Waals surface area (Å²) in [4.78, 5) is 12.7. The average molecular weight is 397 g/mol. The number of rotatable bonds is 4. The zero-order valence-corrected chi connectivity index (χ0v) is 15.8. The van der Waals surface area contributed by atoms with Gasteiger partial charge in [-0.25, -0.2) is 0 Å². The summed E-state index contributed by atoms with van der Waals surface area (Å²) in [6.45, 7) is 0. The van der Waals surface area contributed by atoms with Gasteiger partial charge in [-0.1, -0.05) is 47.5 Å². The van der Waals surface area contributed by atoms with E-state index in [1.807, 2.05) is 42.5 Å². The quantitative estimate of drug-likeness (QED) is 0.362. The third-order valence-corrected chi connectivity index (χ3v) is 4.87. The second-order valence-electron chi connectivity index (χ2n) is 6.05. The summed E-state index contributed by atoms with van der Waals surface area (Å²) in [5, 5.41) is 1.61. The first-order valence-electron chi connectivity index (χ1n) is 8.23. The van der Waals surface area contributed by atoms with E-state index in [4.69, 9.17) is 32.4 Å². The van der Waals surface area contributed by atoms with Crippen LogP contribution in [0.25, 0.3) is 22.1 Å². The van der Waals surface area contributed by atoms with Gasteiger partial charge in [0.15, 0.2) is 5.76 Å². The van der Waals surface area contributed by atoms with E-state index in [1.54, 1.807) is 31.4 Å². The number of benzene rings is 3. The summed E-state index contributed by atoms with van der Waals surface area (Å²) in [6, 6.07) is 20.1. The number of hydrogen-bond acceptors (Lipinski definition) is 3. The molecule has 0 saturated heterocycles. The van der Waals surface area contributed by atoms with Crippen molar-refractivity contribution in [2.75, 3.05) is 7.11 Å². The minimum atomic E-state index is -0.282. The molecular formula is C22H14Cl2O3. The van der Waals surface area contributed by atoms with Crippen LogP contribution in [0.2, 0.25) is 10.0 Å². The molecule has 0 amide bonds. The molecule has 0 fully saturated rings. The molecule has 0 spiro atoms. The Hall–Kier alpha value is -2.75. The zero-order valence-electron chi connectivity index (χ0n) is 14.3. The van der Waals surface area contributed by atoms with Crippen LogP contribution in [0.3, 0.4) is 0 Å². The number of fused-ring (bicyclic) bond motifs is 1. The highest BCUT2D eigenvalue weighted by Crippen LogP contribution is 2.30. The van der Waals surface area contributed by atoms with Crippen molar-refractivity contribution in [3.05, 3.63) is 88.1 Å². The molecule has 4 rings (SSSR count). The van der Waals surface area contributed by atoms with Crippen molar-refractivity contribution in [3.8, 4) is 16.9 Å². The van der Waals surface area contributed by atoms with E-state index in [0.717, 1.165) is 22.3 Å². The summed E-state index contributed by atoms with van der Waals surface area (Å²) in [5.74, 6) is 0.730. The molecule has 0 radical (unpaired) electrons. The van der Waals surface area contributed by atoms with Gasteiger partial charge < -0.3 is 9.15 Å². The average Bonchev–Trinajstić information content (AvgIpc) is 3.11. The van der Waals surface area contributed by atoms with Gasteiger partial charge >= 0.3 is 0 Å². The number of halogens is 2. The molecule has 0 saturated carbocycles. The van der Waals surface area contributed by atoms with E-state index >= 15 is 0 Å². The lowest BCUT2D eigenvalue weighted by atomic mass is 10.0. The predicted octanol–water partition coefficient (Wildman–Crippen LogP) is 6.65. The van der Waals surface area contributed by atoms with Crippen LogP contribution in [0.5, 0.6) is 5.75 Å². The van der Waals surface area contributed by atoms with Crippen LogP contribution in [0, 0.1) is 0 Å². The number of carbonyl (C=O) groups is 1. The van der Waals surface area contributed by atoms with Crippen LogP contribution < -0.4 is 4.74 Å². The van der Waals surface area contributed by atoms with Gasteiger partial charge in [-0.05, 0) is 53.6 Å². The second-order valence-corrected chi connectivity index (χ2v) is 6.89. The third-order valence-electron chi connectivity index (χ3n) is 4.32. The topological polar surface area (TPSA) is 39.4 Å². The molecule has 0 atom stereocenters. The number of hydrogen-bond donors (Lipinski definition) is 0. The number of methoxy groups -OCH3 is 1. The number of ketones is 1. The van der Waals surface area contributed by atoms with E-state index in [0.29, 0.717) is 21.2 Å². The Morgan fingerprint density at radius 2 is 1.74 bits per heavy atom. The van der Waals surface area contributed by atoms with E-state index in [2.05, 4.69) is 0 Å². The molecule has 1 aromatic heterocycles. The normalized spacial score (nSPS) is 10.9.